The minimum atomic E-state index is -0.0849. The fourth-order valence-corrected chi connectivity index (χ4v) is 5.07. The lowest BCUT2D eigenvalue weighted by Crippen LogP contribution is -2.54. The molecule has 0 bridgehead atoms. The number of para-hydroxylation sites is 1. The number of hydrogen-bond acceptors (Lipinski definition) is 5. The average Bonchev–Trinajstić information content (AvgIpc) is 3.20. The van der Waals surface area contributed by atoms with Crippen LogP contribution in [0.2, 0.25) is 0 Å². The molecule has 0 radical (unpaired) electrons. The number of hydrogen-bond donors (Lipinski definition) is 0. The molecule has 2 heterocycles. The molecule has 0 unspecified atom stereocenters. The normalized spacial score (nSPS) is 16.6. The van der Waals surface area contributed by atoms with Crippen molar-refractivity contribution in [2.24, 2.45) is 0 Å². The predicted octanol–water partition coefficient (Wildman–Crippen LogP) is 3.85. The number of likely N-dealkylation sites (N-methyl/N-ethyl adjacent to an activating group) is 1. The standard InChI is InChI=1S/C24H30N4OS/c1-3-27(17-20-9-5-4-6-10-20)24(29)19(2)28-15-13-26(14-16-28)18-23-25-21-11-7-8-12-22(21)30-23/h4-12,19H,3,13-18H2,1-2H3/t19-/m1/s1. The molecular weight excluding hydrogens is 392 g/mol. The molecule has 3 aromatic rings. The molecule has 1 aromatic heterocycles. The summed E-state index contributed by atoms with van der Waals surface area (Å²) in [5.41, 5.74) is 2.27. The van der Waals surface area contributed by atoms with Crippen molar-refractivity contribution in [2.45, 2.75) is 33.0 Å². The van der Waals surface area contributed by atoms with E-state index in [1.165, 1.54) is 15.3 Å². The third-order valence-corrected chi connectivity index (χ3v) is 6.94. The number of aromatic nitrogens is 1. The summed E-state index contributed by atoms with van der Waals surface area (Å²) in [4.78, 5) is 24.6. The zero-order chi connectivity index (χ0) is 20.9. The van der Waals surface area contributed by atoms with Crippen LogP contribution in [0, 0.1) is 0 Å². The van der Waals surface area contributed by atoms with Crippen LogP contribution in [-0.4, -0.2) is 64.4 Å². The second kappa shape index (κ2) is 9.69. The number of rotatable bonds is 7. The minimum absolute atomic E-state index is 0.0849. The Morgan fingerprint density at radius 1 is 1.07 bits per heavy atom. The molecule has 1 fully saturated rings. The Balaban J connectivity index is 1.30. The van der Waals surface area contributed by atoms with Crippen LogP contribution < -0.4 is 0 Å². The van der Waals surface area contributed by atoms with E-state index in [4.69, 9.17) is 4.98 Å². The van der Waals surface area contributed by atoms with Gasteiger partial charge in [-0.3, -0.25) is 14.6 Å². The van der Waals surface area contributed by atoms with Gasteiger partial charge in [-0.1, -0.05) is 42.5 Å². The third kappa shape index (κ3) is 4.89. The first-order chi connectivity index (χ1) is 14.6. The van der Waals surface area contributed by atoms with Crippen LogP contribution in [0.1, 0.15) is 24.4 Å². The monoisotopic (exact) mass is 422 g/mol. The molecular formula is C24H30N4OS. The fourth-order valence-electron chi connectivity index (χ4n) is 4.06. The van der Waals surface area contributed by atoms with Crippen molar-refractivity contribution < 1.29 is 4.79 Å². The zero-order valence-electron chi connectivity index (χ0n) is 17.8. The third-order valence-electron chi connectivity index (χ3n) is 5.92. The summed E-state index contributed by atoms with van der Waals surface area (Å²) in [6, 6.07) is 18.5. The first kappa shape index (κ1) is 21.0. The van der Waals surface area contributed by atoms with Gasteiger partial charge in [-0.25, -0.2) is 4.98 Å². The van der Waals surface area contributed by atoms with Crippen LogP contribution in [0.3, 0.4) is 0 Å². The van der Waals surface area contributed by atoms with E-state index in [0.29, 0.717) is 6.54 Å². The Bertz CT molecular complexity index is 933. The van der Waals surface area contributed by atoms with Gasteiger partial charge in [0.1, 0.15) is 5.01 Å². The van der Waals surface area contributed by atoms with E-state index in [1.807, 2.05) is 29.2 Å². The van der Waals surface area contributed by atoms with Gasteiger partial charge in [-0.05, 0) is 31.5 Å². The molecule has 1 aliphatic rings. The molecule has 1 atom stereocenters. The Morgan fingerprint density at radius 2 is 1.77 bits per heavy atom. The number of fused-ring (bicyclic) bond motifs is 1. The number of nitrogens with zero attached hydrogens (tertiary/aromatic N) is 4. The average molecular weight is 423 g/mol. The van der Waals surface area contributed by atoms with E-state index in [1.54, 1.807) is 11.3 Å². The van der Waals surface area contributed by atoms with Gasteiger partial charge in [-0.15, -0.1) is 11.3 Å². The van der Waals surface area contributed by atoms with Crippen molar-refractivity contribution in [3.05, 3.63) is 65.2 Å². The van der Waals surface area contributed by atoms with E-state index < -0.39 is 0 Å². The molecule has 30 heavy (non-hydrogen) atoms. The Kier molecular flexibility index (Phi) is 6.77. The molecule has 1 saturated heterocycles. The van der Waals surface area contributed by atoms with E-state index in [-0.39, 0.29) is 11.9 Å². The van der Waals surface area contributed by atoms with Gasteiger partial charge in [0.15, 0.2) is 0 Å². The zero-order valence-corrected chi connectivity index (χ0v) is 18.6. The maximum absolute atomic E-state index is 13.1. The van der Waals surface area contributed by atoms with Crippen LogP contribution in [0.4, 0.5) is 0 Å². The van der Waals surface area contributed by atoms with Crippen molar-refractivity contribution in [3.63, 3.8) is 0 Å². The predicted molar refractivity (Wildman–Crippen MR) is 123 cm³/mol. The lowest BCUT2D eigenvalue weighted by Gasteiger charge is -2.38. The van der Waals surface area contributed by atoms with E-state index >= 15 is 0 Å². The van der Waals surface area contributed by atoms with Crippen LogP contribution in [0.15, 0.2) is 54.6 Å². The molecule has 5 nitrogen and oxygen atoms in total. The fraction of sp³-hybridized carbons (Fsp3) is 0.417. The van der Waals surface area contributed by atoms with Gasteiger partial charge in [0.2, 0.25) is 5.91 Å². The van der Waals surface area contributed by atoms with Crippen LogP contribution >= 0.6 is 11.3 Å². The van der Waals surface area contributed by atoms with Crippen molar-refractivity contribution in [1.82, 2.24) is 19.7 Å². The summed E-state index contributed by atoms with van der Waals surface area (Å²) in [6.45, 7) is 10.2. The van der Waals surface area contributed by atoms with E-state index in [0.717, 1.165) is 44.8 Å². The van der Waals surface area contributed by atoms with Gasteiger partial charge in [0.25, 0.3) is 0 Å². The van der Waals surface area contributed by atoms with Gasteiger partial charge >= 0.3 is 0 Å². The molecule has 0 aliphatic carbocycles. The summed E-state index contributed by atoms with van der Waals surface area (Å²) in [5.74, 6) is 0.223. The SMILES string of the molecule is CCN(Cc1ccccc1)C(=O)[C@@H](C)N1CCN(Cc2nc3ccccc3s2)CC1. The molecule has 0 N–H and O–H groups in total. The molecule has 6 heteroatoms. The number of benzene rings is 2. The lowest BCUT2D eigenvalue weighted by atomic mass is 10.1. The van der Waals surface area contributed by atoms with Gasteiger partial charge < -0.3 is 4.90 Å². The molecule has 1 amide bonds. The molecule has 4 rings (SSSR count). The molecule has 2 aromatic carbocycles. The maximum atomic E-state index is 13.1. The van der Waals surface area contributed by atoms with Crippen LogP contribution in [0.5, 0.6) is 0 Å². The molecule has 158 valence electrons. The topological polar surface area (TPSA) is 39.7 Å². The number of piperazine rings is 1. The van der Waals surface area contributed by atoms with Crippen molar-refractivity contribution in [3.8, 4) is 0 Å². The number of thiazole rings is 1. The first-order valence-corrected chi connectivity index (χ1v) is 11.6. The highest BCUT2D eigenvalue weighted by Gasteiger charge is 2.28. The Hall–Kier alpha value is -2.28. The first-order valence-electron chi connectivity index (χ1n) is 10.8. The molecule has 1 aliphatic heterocycles. The van der Waals surface area contributed by atoms with Crippen molar-refractivity contribution in [1.29, 1.82) is 0 Å². The van der Waals surface area contributed by atoms with Crippen molar-refractivity contribution >= 4 is 27.5 Å². The summed E-state index contributed by atoms with van der Waals surface area (Å²) in [5, 5.41) is 1.17. The second-order valence-electron chi connectivity index (χ2n) is 7.90. The van der Waals surface area contributed by atoms with E-state index in [9.17, 15) is 4.79 Å². The summed E-state index contributed by atoms with van der Waals surface area (Å²) < 4.78 is 1.25. The van der Waals surface area contributed by atoms with Crippen molar-refractivity contribution in [2.75, 3.05) is 32.7 Å². The maximum Gasteiger partial charge on any atom is 0.239 e. The highest BCUT2D eigenvalue weighted by Crippen LogP contribution is 2.23. The molecule has 0 saturated carbocycles. The Morgan fingerprint density at radius 3 is 2.47 bits per heavy atom. The Labute approximate surface area is 182 Å². The van der Waals surface area contributed by atoms with Gasteiger partial charge in [0.05, 0.1) is 22.8 Å². The highest BCUT2D eigenvalue weighted by atomic mass is 32.1. The molecule has 0 spiro atoms. The quantitative estimate of drug-likeness (QED) is 0.580. The highest BCUT2D eigenvalue weighted by molar-refractivity contribution is 7.18. The van der Waals surface area contributed by atoms with E-state index in [2.05, 4.69) is 54.0 Å². The minimum Gasteiger partial charge on any atom is -0.337 e. The number of amides is 1. The smallest absolute Gasteiger partial charge is 0.239 e. The van der Waals surface area contributed by atoms with Crippen LogP contribution in [-0.2, 0) is 17.9 Å². The summed E-state index contributed by atoms with van der Waals surface area (Å²) >= 11 is 1.78. The summed E-state index contributed by atoms with van der Waals surface area (Å²) in [6.07, 6.45) is 0. The second-order valence-corrected chi connectivity index (χ2v) is 9.02. The van der Waals surface area contributed by atoms with Gasteiger partial charge in [0, 0.05) is 39.3 Å². The number of carbonyl (C=O) groups is 1. The van der Waals surface area contributed by atoms with Gasteiger partial charge in [-0.2, -0.15) is 0 Å². The largest absolute Gasteiger partial charge is 0.337 e. The summed E-state index contributed by atoms with van der Waals surface area (Å²) in [7, 11) is 0. The lowest BCUT2D eigenvalue weighted by molar-refractivity contribution is -0.137. The number of carbonyl (C=O) groups excluding carboxylic acids is 1. The van der Waals surface area contributed by atoms with Crippen LogP contribution in [0.25, 0.3) is 10.2 Å².